The fourth-order valence-corrected chi connectivity index (χ4v) is 2.88. The fourth-order valence-electron chi connectivity index (χ4n) is 2.88. The number of imidazole rings is 1. The Morgan fingerprint density at radius 1 is 1.29 bits per heavy atom. The predicted molar refractivity (Wildman–Crippen MR) is 83.7 cm³/mol. The van der Waals surface area contributed by atoms with Crippen molar-refractivity contribution in [3.05, 3.63) is 53.4 Å². The van der Waals surface area contributed by atoms with Gasteiger partial charge in [-0.15, -0.1) is 0 Å². The molecule has 1 aliphatic heterocycles. The van der Waals surface area contributed by atoms with Gasteiger partial charge in [0.2, 0.25) is 0 Å². The Labute approximate surface area is 136 Å². The third-order valence-electron chi connectivity index (χ3n) is 3.87. The Morgan fingerprint density at radius 3 is 2.83 bits per heavy atom. The lowest BCUT2D eigenvalue weighted by Gasteiger charge is -2.21. The van der Waals surface area contributed by atoms with Gasteiger partial charge in [0.25, 0.3) is 0 Å². The average Bonchev–Trinajstić information content (AvgIpc) is 3.21. The van der Waals surface area contributed by atoms with Crippen molar-refractivity contribution in [3.8, 4) is 0 Å². The first-order valence-corrected chi connectivity index (χ1v) is 7.85. The number of aromatic amines is 1. The molecular formula is C16H18F3N5. The highest BCUT2D eigenvalue weighted by Gasteiger charge is 2.34. The summed E-state index contributed by atoms with van der Waals surface area (Å²) in [5.41, 5.74) is 1.69. The van der Waals surface area contributed by atoms with Crippen LogP contribution >= 0.6 is 0 Å². The molecule has 0 spiro atoms. The number of aromatic nitrogens is 4. The second kappa shape index (κ2) is 6.27. The number of rotatable bonds is 1. The van der Waals surface area contributed by atoms with E-state index in [4.69, 9.17) is 0 Å². The molecule has 0 bridgehead atoms. The minimum Gasteiger partial charge on any atom is -0.348 e. The average molecular weight is 337 g/mol. The van der Waals surface area contributed by atoms with E-state index < -0.39 is 11.7 Å². The van der Waals surface area contributed by atoms with Gasteiger partial charge < -0.3 is 10.3 Å². The summed E-state index contributed by atoms with van der Waals surface area (Å²) in [5.74, 6) is 0. The molecule has 8 heteroatoms. The first-order chi connectivity index (χ1) is 11.5. The zero-order valence-electron chi connectivity index (χ0n) is 13.4. The van der Waals surface area contributed by atoms with Crippen LogP contribution in [-0.2, 0) is 12.6 Å². The zero-order chi connectivity index (χ0) is 17.3. The molecular weight excluding hydrogens is 319 g/mol. The number of H-pyrrole nitrogens is 1. The first-order valence-electron chi connectivity index (χ1n) is 7.85. The van der Waals surface area contributed by atoms with E-state index in [2.05, 4.69) is 20.4 Å². The molecule has 5 nitrogen and oxygen atoms in total. The number of hydrogen-bond acceptors (Lipinski definition) is 3. The summed E-state index contributed by atoms with van der Waals surface area (Å²) in [6.45, 7) is 4.72. The molecule has 3 aromatic rings. The van der Waals surface area contributed by atoms with Crippen LogP contribution in [0.1, 0.15) is 42.5 Å². The number of nitrogens with one attached hydrogen (secondary N) is 2. The van der Waals surface area contributed by atoms with E-state index >= 15 is 0 Å². The van der Waals surface area contributed by atoms with Gasteiger partial charge in [-0.2, -0.15) is 18.3 Å². The largest absolute Gasteiger partial charge is 0.418 e. The van der Waals surface area contributed by atoms with Crippen molar-refractivity contribution in [2.75, 3.05) is 6.54 Å². The van der Waals surface area contributed by atoms with Gasteiger partial charge in [-0.1, -0.05) is 13.8 Å². The quantitative estimate of drug-likeness (QED) is 0.716. The van der Waals surface area contributed by atoms with Crippen LogP contribution in [0.25, 0.3) is 5.52 Å². The van der Waals surface area contributed by atoms with Crippen LogP contribution in [-0.4, -0.2) is 26.1 Å². The summed E-state index contributed by atoms with van der Waals surface area (Å²) in [4.78, 5) is 7.33. The van der Waals surface area contributed by atoms with Gasteiger partial charge >= 0.3 is 6.18 Å². The molecule has 1 atom stereocenters. The maximum atomic E-state index is 13.1. The van der Waals surface area contributed by atoms with E-state index in [1.54, 1.807) is 6.33 Å². The molecule has 128 valence electrons. The normalized spacial score (nSPS) is 17.3. The summed E-state index contributed by atoms with van der Waals surface area (Å²) >= 11 is 0. The van der Waals surface area contributed by atoms with E-state index in [0.29, 0.717) is 5.69 Å². The van der Waals surface area contributed by atoms with Gasteiger partial charge in [-0.3, -0.25) is 0 Å². The van der Waals surface area contributed by atoms with Crippen molar-refractivity contribution in [1.82, 2.24) is 24.9 Å². The Hall–Kier alpha value is -2.35. The summed E-state index contributed by atoms with van der Waals surface area (Å²) in [6, 6.07) is 3.59. The van der Waals surface area contributed by atoms with Crippen LogP contribution in [0.3, 0.4) is 0 Å². The molecule has 0 aromatic carbocycles. The summed E-state index contributed by atoms with van der Waals surface area (Å²) < 4.78 is 40.5. The molecule has 0 radical (unpaired) electrons. The van der Waals surface area contributed by atoms with Crippen LogP contribution in [0.4, 0.5) is 13.2 Å². The Kier molecular flexibility index (Phi) is 4.31. The highest BCUT2D eigenvalue weighted by molar-refractivity contribution is 5.57. The molecule has 24 heavy (non-hydrogen) atoms. The molecule has 0 amide bonds. The molecule has 3 aromatic heterocycles. The molecule has 2 N–H and O–H groups in total. The molecule has 1 aliphatic rings. The molecule has 0 fully saturated rings. The van der Waals surface area contributed by atoms with Crippen molar-refractivity contribution in [2.24, 2.45) is 0 Å². The van der Waals surface area contributed by atoms with E-state index in [1.165, 1.54) is 22.8 Å². The van der Waals surface area contributed by atoms with Crippen molar-refractivity contribution in [2.45, 2.75) is 32.5 Å². The van der Waals surface area contributed by atoms with Gasteiger partial charge in [-0.25, -0.2) is 9.50 Å². The van der Waals surface area contributed by atoms with E-state index in [1.807, 2.05) is 13.8 Å². The maximum absolute atomic E-state index is 13.1. The maximum Gasteiger partial charge on any atom is 0.418 e. The third kappa shape index (κ3) is 2.77. The molecule has 0 aliphatic carbocycles. The second-order valence-corrected chi connectivity index (χ2v) is 5.22. The molecule has 4 rings (SSSR count). The fraction of sp³-hybridized carbons (Fsp3) is 0.375. The lowest BCUT2D eigenvalue weighted by molar-refractivity contribution is -0.136. The van der Waals surface area contributed by atoms with Crippen LogP contribution in [0.5, 0.6) is 0 Å². The topological polar surface area (TPSA) is 58.0 Å². The zero-order valence-corrected chi connectivity index (χ0v) is 13.4. The highest BCUT2D eigenvalue weighted by Crippen LogP contribution is 2.34. The Balaban J connectivity index is 0.000000815. The smallest absolute Gasteiger partial charge is 0.348 e. The minimum absolute atomic E-state index is 0.0504. The first kappa shape index (κ1) is 16.5. The van der Waals surface area contributed by atoms with E-state index in [-0.39, 0.29) is 11.6 Å². The standard InChI is InChI=1S/C14H12F3N5.C2H6/c15-14(16,17)8-2-1-5-22-11(8)6-10(21-22)13-12-9(3-4-18-13)19-7-20-12;1-2/h1-2,5-7,13,18H,3-4H2,(H,19,20);1-2H3. The van der Waals surface area contributed by atoms with Gasteiger partial charge in [0.15, 0.2) is 0 Å². The van der Waals surface area contributed by atoms with Gasteiger partial charge in [0, 0.05) is 24.9 Å². The third-order valence-corrected chi connectivity index (χ3v) is 3.87. The molecule has 0 saturated carbocycles. The number of fused-ring (bicyclic) bond motifs is 2. The summed E-state index contributed by atoms with van der Waals surface area (Å²) in [5, 5.41) is 7.55. The van der Waals surface area contributed by atoms with Crippen molar-refractivity contribution < 1.29 is 13.2 Å². The lowest BCUT2D eigenvalue weighted by atomic mass is 10.0. The Morgan fingerprint density at radius 2 is 2.08 bits per heavy atom. The van der Waals surface area contributed by atoms with Crippen molar-refractivity contribution >= 4 is 5.52 Å². The number of nitrogens with zero attached hydrogens (tertiary/aromatic N) is 3. The lowest BCUT2D eigenvalue weighted by Crippen LogP contribution is -2.31. The van der Waals surface area contributed by atoms with Crippen molar-refractivity contribution in [1.29, 1.82) is 0 Å². The van der Waals surface area contributed by atoms with E-state index in [0.717, 1.165) is 30.4 Å². The van der Waals surface area contributed by atoms with Gasteiger partial charge in [-0.05, 0) is 18.2 Å². The second-order valence-electron chi connectivity index (χ2n) is 5.22. The highest BCUT2D eigenvalue weighted by atomic mass is 19.4. The molecule has 0 saturated heterocycles. The van der Waals surface area contributed by atoms with Crippen LogP contribution in [0, 0.1) is 0 Å². The van der Waals surface area contributed by atoms with Crippen LogP contribution in [0.15, 0.2) is 30.7 Å². The van der Waals surface area contributed by atoms with Crippen LogP contribution < -0.4 is 5.32 Å². The number of pyridine rings is 1. The van der Waals surface area contributed by atoms with Gasteiger partial charge in [0.05, 0.1) is 34.8 Å². The summed E-state index contributed by atoms with van der Waals surface area (Å²) in [6.07, 6.45) is -0.478. The molecule has 4 heterocycles. The number of hydrogen-bond donors (Lipinski definition) is 2. The van der Waals surface area contributed by atoms with Crippen molar-refractivity contribution in [3.63, 3.8) is 0 Å². The predicted octanol–water partition coefficient (Wildman–Crippen LogP) is 3.34. The Bertz CT molecular complexity index is 834. The number of halogens is 3. The van der Waals surface area contributed by atoms with E-state index in [9.17, 15) is 13.2 Å². The SMILES string of the molecule is CC.FC(F)(F)c1cccn2nc(C3NCCc4[nH]cnc43)cc12. The number of alkyl halides is 3. The van der Waals surface area contributed by atoms with Gasteiger partial charge in [0.1, 0.15) is 0 Å². The monoisotopic (exact) mass is 337 g/mol. The minimum atomic E-state index is -4.41. The van der Waals surface area contributed by atoms with Crippen LogP contribution in [0.2, 0.25) is 0 Å². The summed E-state index contributed by atoms with van der Waals surface area (Å²) in [7, 11) is 0. The molecule has 1 unspecified atom stereocenters.